The highest BCUT2D eigenvalue weighted by Crippen LogP contribution is 2.41. The molecule has 1 aromatic carbocycles. The molecule has 0 amide bonds. The van der Waals surface area contributed by atoms with Gasteiger partial charge >= 0.3 is 0 Å². The Morgan fingerprint density at radius 1 is 1.29 bits per heavy atom. The number of nitrogens with zero attached hydrogens (tertiary/aromatic N) is 1. The van der Waals surface area contributed by atoms with E-state index in [1.807, 2.05) is 37.4 Å². The van der Waals surface area contributed by atoms with Crippen LogP contribution in [0.1, 0.15) is 13.8 Å². The lowest BCUT2D eigenvalue weighted by Crippen LogP contribution is -2.29. The van der Waals surface area contributed by atoms with Crippen LogP contribution in [0.5, 0.6) is 11.5 Å². The molecule has 0 saturated heterocycles. The summed E-state index contributed by atoms with van der Waals surface area (Å²) in [6.07, 6.45) is 0. The predicted octanol–water partition coefficient (Wildman–Crippen LogP) is 2.77. The van der Waals surface area contributed by atoms with Gasteiger partial charge in [0.15, 0.2) is 11.5 Å². The molecule has 0 bridgehead atoms. The van der Waals surface area contributed by atoms with Crippen LogP contribution in [0.3, 0.4) is 0 Å². The Morgan fingerprint density at radius 3 is 2.71 bits per heavy atom. The standard InChI is InChI=1S/C10H9NO2S/c1-10(2)12-8-4-3-7(14-6-11)5-9(8)13-10/h3-5H,1-2H3. The molecule has 4 heteroatoms. The van der Waals surface area contributed by atoms with Crippen LogP contribution in [0.4, 0.5) is 0 Å². The molecule has 0 unspecified atom stereocenters. The van der Waals surface area contributed by atoms with E-state index < -0.39 is 5.79 Å². The van der Waals surface area contributed by atoms with Crippen molar-refractivity contribution in [3.05, 3.63) is 18.2 Å². The van der Waals surface area contributed by atoms with Crippen molar-refractivity contribution in [2.75, 3.05) is 0 Å². The number of benzene rings is 1. The van der Waals surface area contributed by atoms with Gasteiger partial charge in [0.25, 0.3) is 0 Å². The lowest BCUT2D eigenvalue weighted by atomic mass is 10.3. The topological polar surface area (TPSA) is 42.2 Å². The molecule has 72 valence electrons. The maximum absolute atomic E-state index is 8.51. The molecule has 0 fully saturated rings. The Morgan fingerprint density at radius 2 is 2.00 bits per heavy atom. The first kappa shape index (κ1) is 9.22. The molecule has 2 rings (SSSR count). The molecule has 0 spiro atoms. The van der Waals surface area contributed by atoms with Crippen molar-refractivity contribution in [3.8, 4) is 16.9 Å². The predicted molar refractivity (Wildman–Crippen MR) is 53.2 cm³/mol. The summed E-state index contributed by atoms with van der Waals surface area (Å²) in [4.78, 5) is 0.868. The first-order valence-corrected chi connectivity index (χ1v) is 5.00. The van der Waals surface area contributed by atoms with Crippen molar-refractivity contribution < 1.29 is 9.47 Å². The van der Waals surface area contributed by atoms with Crippen molar-refractivity contribution in [1.82, 2.24) is 0 Å². The third-order valence-corrected chi connectivity index (χ3v) is 2.37. The molecule has 0 aromatic heterocycles. The molecule has 0 atom stereocenters. The molecule has 1 aromatic rings. The van der Waals surface area contributed by atoms with Gasteiger partial charge in [-0.25, -0.2) is 0 Å². The van der Waals surface area contributed by atoms with E-state index in [4.69, 9.17) is 14.7 Å². The number of ether oxygens (including phenoxy) is 2. The van der Waals surface area contributed by atoms with E-state index in [2.05, 4.69) is 0 Å². The maximum atomic E-state index is 8.51. The molecule has 1 aliphatic rings. The normalized spacial score (nSPS) is 16.4. The zero-order chi connectivity index (χ0) is 10.2. The second kappa shape index (κ2) is 3.10. The Hall–Kier alpha value is -1.34. The number of fused-ring (bicyclic) bond motifs is 1. The fourth-order valence-corrected chi connectivity index (χ4v) is 1.73. The molecule has 1 heterocycles. The number of hydrogen-bond donors (Lipinski definition) is 0. The number of nitriles is 1. The Bertz CT molecular complexity index is 409. The lowest BCUT2D eigenvalue weighted by Gasteiger charge is -2.16. The molecule has 0 saturated carbocycles. The van der Waals surface area contributed by atoms with Gasteiger partial charge in [-0.15, -0.1) is 0 Å². The zero-order valence-electron chi connectivity index (χ0n) is 7.90. The minimum Gasteiger partial charge on any atom is -0.449 e. The maximum Gasteiger partial charge on any atom is 0.246 e. The second-order valence-corrected chi connectivity index (χ2v) is 4.26. The Kier molecular flexibility index (Phi) is 2.05. The highest BCUT2D eigenvalue weighted by molar-refractivity contribution is 8.03. The van der Waals surface area contributed by atoms with Gasteiger partial charge in [-0.3, -0.25) is 0 Å². The summed E-state index contributed by atoms with van der Waals surface area (Å²) < 4.78 is 11.0. The number of thioether (sulfide) groups is 1. The fourth-order valence-electron chi connectivity index (χ4n) is 1.32. The van der Waals surface area contributed by atoms with Gasteiger partial charge in [0.2, 0.25) is 5.79 Å². The van der Waals surface area contributed by atoms with Gasteiger partial charge in [-0.05, 0) is 30.0 Å². The summed E-state index contributed by atoms with van der Waals surface area (Å²) in [5.41, 5.74) is 0. The quantitative estimate of drug-likeness (QED) is 0.524. The Labute approximate surface area is 86.6 Å². The largest absolute Gasteiger partial charge is 0.449 e. The van der Waals surface area contributed by atoms with Gasteiger partial charge in [0.05, 0.1) is 0 Å². The van der Waals surface area contributed by atoms with Gasteiger partial charge in [-0.1, -0.05) is 0 Å². The molecule has 0 aliphatic carbocycles. The molecule has 1 aliphatic heterocycles. The third-order valence-electron chi connectivity index (χ3n) is 1.79. The average molecular weight is 207 g/mol. The highest BCUT2D eigenvalue weighted by atomic mass is 32.2. The van der Waals surface area contributed by atoms with Gasteiger partial charge < -0.3 is 9.47 Å². The van der Waals surface area contributed by atoms with E-state index in [1.54, 1.807) is 0 Å². The second-order valence-electron chi connectivity index (χ2n) is 3.41. The third kappa shape index (κ3) is 1.64. The number of rotatable bonds is 1. The average Bonchev–Trinajstić information content (AvgIpc) is 2.38. The summed E-state index contributed by atoms with van der Waals surface area (Å²) >= 11 is 1.11. The zero-order valence-corrected chi connectivity index (χ0v) is 8.72. The van der Waals surface area contributed by atoms with Crippen LogP contribution in [-0.4, -0.2) is 5.79 Å². The number of hydrogen-bond acceptors (Lipinski definition) is 4. The van der Waals surface area contributed by atoms with Crippen molar-refractivity contribution in [2.45, 2.75) is 24.5 Å². The number of thiocyanates is 1. The van der Waals surface area contributed by atoms with Crippen LogP contribution < -0.4 is 9.47 Å². The van der Waals surface area contributed by atoms with E-state index >= 15 is 0 Å². The minimum absolute atomic E-state index is 0.599. The highest BCUT2D eigenvalue weighted by Gasteiger charge is 2.31. The van der Waals surface area contributed by atoms with Crippen LogP contribution >= 0.6 is 11.8 Å². The smallest absolute Gasteiger partial charge is 0.246 e. The van der Waals surface area contributed by atoms with Crippen molar-refractivity contribution in [1.29, 1.82) is 5.26 Å². The summed E-state index contributed by atoms with van der Waals surface area (Å²) in [6, 6.07) is 5.49. The van der Waals surface area contributed by atoms with Crippen LogP contribution in [0.2, 0.25) is 0 Å². The first-order chi connectivity index (χ1) is 6.61. The van der Waals surface area contributed by atoms with Gasteiger partial charge in [0.1, 0.15) is 5.40 Å². The molecule has 3 nitrogen and oxygen atoms in total. The monoisotopic (exact) mass is 207 g/mol. The van der Waals surface area contributed by atoms with E-state index in [0.29, 0.717) is 5.75 Å². The SMILES string of the molecule is CC1(C)Oc2ccc(SC#N)cc2O1. The summed E-state index contributed by atoms with van der Waals surface area (Å²) in [5.74, 6) is 0.839. The Balaban J connectivity index is 2.32. The van der Waals surface area contributed by atoms with Crippen LogP contribution in [0.15, 0.2) is 23.1 Å². The van der Waals surface area contributed by atoms with Gasteiger partial charge in [-0.2, -0.15) is 5.26 Å². The molecule has 14 heavy (non-hydrogen) atoms. The van der Waals surface area contributed by atoms with Crippen molar-refractivity contribution in [2.24, 2.45) is 0 Å². The minimum atomic E-state index is -0.599. The lowest BCUT2D eigenvalue weighted by molar-refractivity contribution is -0.0431. The van der Waals surface area contributed by atoms with E-state index in [0.717, 1.165) is 22.4 Å². The van der Waals surface area contributed by atoms with Crippen molar-refractivity contribution in [3.63, 3.8) is 0 Å². The molecular weight excluding hydrogens is 198 g/mol. The van der Waals surface area contributed by atoms with E-state index in [1.165, 1.54) is 0 Å². The van der Waals surface area contributed by atoms with E-state index in [-0.39, 0.29) is 0 Å². The summed E-state index contributed by atoms with van der Waals surface area (Å²) in [7, 11) is 0. The van der Waals surface area contributed by atoms with Crippen LogP contribution in [0.25, 0.3) is 0 Å². The van der Waals surface area contributed by atoms with Crippen LogP contribution in [0, 0.1) is 10.7 Å². The molecule has 0 N–H and O–H groups in total. The summed E-state index contributed by atoms with van der Waals surface area (Å²) in [6.45, 7) is 3.70. The van der Waals surface area contributed by atoms with Crippen molar-refractivity contribution >= 4 is 11.8 Å². The molecular formula is C10H9NO2S. The van der Waals surface area contributed by atoms with Crippen LogP contribution in [-0.2, 0) is 0 Å². The first-order valence-electron chi connectivity index (χ1n) is 4.19. The van der Waals surface area contributed by atoms with E-state index in [9.17, 15) is 0 Å². The summed E-state index contributed by atoms with van der Waals surface area (Å²) in [5, 5.41) is 10.5. The molecule has 0 radical (unpaired) electrons. The fraction of sp³-hybridized carbons (Fsp3) is 0.300. The van der Waals surface area contributed by atoms with Gasteiger partial charge in [0, 0.05) is 18.7 Å².